The van der Waals surface area contributed by atoms with Gasteiger partial charge in [-0.25, -0.2) is 4.98 Å². The van der Waals surface area contributed by atoms with Crippen LogP contribution in [0.4, 0.5) is 5.82 Å². The highest BCUT2D eigenvalue weighted by atomic mass is 16.1. The molecule has 1 heterocycles. The van der Waals surface area contributed by atoms with Gasteiger partial charge in [-0.05, 0) is 6.42 Å². The quantitative estimate of drug-likeness (QED) is 0.715. The molecule has 0 saturated heterocycles. The van der Waals surface area contributed by atoms with Crippen LogP contribution < -0.4 is 10.6 Å². The highest BCUT2D eigenvalue weighted by Crippen LogP contribution is 2.00. The van der Waals surface area contributed by atoms with Crippen molar-refractivity contribution >= 4 is 11.7 Å². The number of nitrogens with one attached hydrogen (secondary N) is 2. The molecule has 0 unspecified atom stereocenters. The molecule has 1 aromatic rings. The second-order valence-electron chi connectivity index (χ2n) is 3.50. The lowest BCUT2D eigenvalue weighted by molar-refractivity contribution is 0.0947. The number of amides is 1. The first-order chi connectivity index (χ1) is 7.77. The van der Waals surface area contributed by atoms with E-state index in [2.05, 4.69) is 27.5 Å². The number of nitrogens with zero attached hydrogens (tertiary/aromatic N) is 2. The summed E-state index contributed by atoms with van der Waals surface area (Å²) in [6.07, 6.45) is 6.32. The average Bonchev–Trinajstić information content (AvgIpc) is 2.34. The second kappa shape index (κ2) is 6.76. The van der Waals surface area contributed by atoms with Gasteiger partial charge in [-0.3, -0.25) is 9.78 Å². The van der Waals surface area contributed by atoms with E-state index in [0.29, 0.717) is 18.1 Å². The Labute approximate surface area is 95.7 Å². The molecule has 1 aromatic heterocycles. The lowest BCUT2D eigenvalue weighted by atomic mass is 10.2. The van der Waals surface area contributed by atoms with Crippen LogP contribution >= 0.6 is 0 Å². The van der Waals surface area contributed by atoms with Gasteiger partial charge in [0.1, 0.15) is 11.5 Å². The second-order valence-corrected chi connectivity index (χ2v) is 3.50. The van der Waals surface area contributed by atoms with Gasteiger partial charge in [0, 0.05) is 13.6 Å². The molecule has 0 atom stereocenters. The normalized spacial score (nSPS) is 9.88. The maximum absolute atomic E-state index is 11.6. The van der Waals surface area contributed by atoms with Crippen molar-refractivity contribution in [3.8, 4) is 0 Å². The van der Waals surface area contributed by atoms with E-state index < -0.39 is 0 Å². The fraction of sp³-hybridized carbons (Fsp3) is 0.545. The van der Waals surface area contributed by atoms with Crippen LogP contribution in [0.3, 0.4) is 0 Å². The minimum absolute atomic E-state index is 0.166. The smallest absolute Gasteiger partial charge is 0.271 e. The summed E-state index contributed by atoms with van der Waals surface area (Å²) in [5.41, 5.74) is 0.350. The number of hydrogen-bond acceptors (Lipinski definition) is 4. The van der Waals surface area contributed by atoms with Gasteiger partial charge >= 0.3 is 0 Å². The fourth-order valence-electron chi connectivity index (χ4n) is 1.26. The van der Waals surface area contributed by atoms with Gasteiger partial charge in [-0.2, -0.15) is 0 Å². The van der Waals surface area contributed by atoms with Crippen LogP contribution in [0.2, 0.25) is 0 Å². The van der Waals surface area contributed by atoms with Crippen LogP contribution in [0.25, 0.3) is 0 Å². The summed E-state index contributed by atoms with van der Waals surface area (Å²) in [5, 5.41) is 5.66. The molecule has 0 radical (unpaired) electrons. The standard InChI is InChI=1S/C11H18N4O/c1-3-4-5-6-14-11(16)9-7-13-8-10(12-2)15-9/h7-8H,3-6H2,1-2H3,(H,12,15)(H,14,16). The van der Waals surface area contributed by atoms with E-state index >= 15 is 0 Å². The number of rotatable bonds is 6. The highest BCUT2D eigenvalue weighted by molar-refractivity contribution is 5.92. The molecule has 0 saturated carbocycles. The molecule has 5 heteroatoms. The van der Waals surface area contributed by atoms with Crippen LogP contribution in [-0.2, 0) is 0 Å². The van der Waals surface area contributed by atoms with E-state index in [1.807, 2.05) is 0 Å². The first-order valence-corrected chi connectivity index (χ1v) is 5.56. The molecule has 1 rings (SSSR count). The van der Waals surface area contributed by atoms with Crippen molar-refractivity contribution in [2.24, 2.45) is 0 Å². The number of carbonyl (C=O) groups excluding carboxylic acids is 1. The Balaban J connectivity index is 2.46. The van der Waals surface area contributed by atoms with Crippen molar-refractivity contribution in [1.82, 2.24) is 15.3 Å². The van der Waals surface area contributed by atoms with Crippen LogP contribution in [0, 0.1) is 0 Å². The van der Waals surface area contributed by atoms with Crippen molar-refractivity contribution in [3.05, 3.63) is 18.1 Å². The predicted molar refractivity (Wildman–Crippen MR) is 63.4 cm³/mol. The van der Waals surface area contributed by atoms with Crippen LogP contribution in [0.15, 0.2) is 12.4 Å². The van der Waals surface area contributed by atoms with Gasteiger partial charge in [0.25, 0.3) is 5.91 Å². The molecule has 0 aliphatic rings. The molecule has 0 bridgehead atoms. The Bertz CT molecular complexity index is 341. The number of aromatic nitrogens is 2. The van der Waals surface area contributed by atoms with Gasteiger partial charge < -0.3 is 10.6 Å². The van der Waals surface area contributed by atoms with E-state index in [9.17, 15) is 4.79 Å². The summed E-state index contributed by atoms with van der Waals surface area (Å²) in [4.78, 5) is 19.7. The molecule has 0 fully saturated rings. The number of unbranched alkanes of at least 4 members (excludes halogenated alkanes) is 2. The van der Waals surface area contributed by atoms with Crippen molar-refractivity contribution in [2.45, 2.75) is 26.2 Å². The molecule has 1 amide bonds. The summed E-state index contributed by atoms with van der Waals surface area (Å²) in [6.45, 7) is 2.82. The summed E-state index contributed by atoms with van der Waals surface area (Å²) < 4.78 is 0. The third-order valence-corrected chi connectivity index (χ3v) is 2.19. The maximum Gasteiger partial charge on any atom is 0.271 e. The van der Waals surface area contributed by atoms with Gasteiger partial charge in [0.2, 0.25) is 0 Å². The zero-order chi connectivity index (χ0) is 11.8. The Kier molecular flexibility index (Phi) is 5.25. The van der Waals surface area contributed by atoms with Gasteiger partial charge in [-0.15, -0.1) is 0 Å². The molecule has 2 N–H and O–H groups in total. The van der Waals surface area contributed by atoms with Gasteiger partial charge in [0.15, 0.2) is 0 Å². The van der Waals surface area contributed by atoms with E-state index in [1.54, 1.807) is 13.2 Å². The third kappa shape index (κ3) is 3.84. The SMILES string of the molecule is CCCCCNC(=O)c1cncc(NC)n1. The van der Waals surface area contributed by atoms with E-state index in [0.717, 1.165) is 19.3 Å². The predicted octanol–water partition coefficient (Wildman–Crippen LogP) is 1.44. The number of hydrogen-bond donors (Lipinski definition) is 2. The minimum atomic E-state index is -0.166. The van der Waals surface area contributed by atoms with E-state index in [1.165, 1.54) is 6.20 Å². The topological polar surface area (TPSA) is 66.9 Å². The first-order valence-electron chi connectivity index (χ1n) is 5.56. The first kappa shape index (κ1) is 12.4. The fourth-order valence-corrected chi connectivity index (χ4v) is 1.26. The van der Waals surface area contributed by atoms with E-state index in [-0.39, 0.29) is 5.91 Å². The molecular weight excluding hydrogens is 204 g/mol. The van der Waals surface area contributed by atoms with Gasteiger partial charge in [-0.1, -0.05) is 19.8 Å². The molecule has 0 aliphatic heterocycles. The lowest BCUT2D eigenvalue weighted by Crippen LogP contribution is -2.25. The summed E-state index contributed by atoms with van der Waals surface area (Å²) in [5.74, 6) is 0.432. The zero-order valence-corrected chi connectivity index (χ0v) is 9.79. The average molecular weight is 222 g/mol. The van der Waals surface area contributed by atoms with Crippen molar-refractivity contribution in [1.29, 1.82) is 0 Å². The van der Waals surface area contributed by atoms with Crippen molar-refractivity contribution < 1.29 is 4.79 Å². The van der Waals surface area contributed by atoms with Crippen LogP contribution in [0.5, 0.6) is 0 Å². The summed E-state index contributed by atoms with van der Waals surface area (Å²) >= 11 is 0. The highest BCUT2D eigenvalue weighted by Gasteiger charge is 2.07. The molecule has 5 nitrogen and oxygen atoms in total. The molecule has 16 heavy (non-hydrogen) atoms. The van der Waals surface area contributed by atoms with Gasteiger partial charge in [0.05, 0.1) is 12.4 Å². The van der Waals surface area contributed by atoms with Crippen molar-refractivity contribution in [3.63, 3.8) is 0 Å². The van der Waals surface area contributed by atoms with E-state index in [4.69, 9.17) is 0 Å². The minimum Gasteiger partial charge on any atom is -0.372 e. The number of anilines is 1. The molecule has 88 valence electrons. The Morgan fingerprint density at radius 2 is 2.19 bits per heavy atom. The summed E-state index contributed by atoms with van der Waals surface area (Å²) in [6, 6.07) is 0. The molecule has 0 aliphatic carbocycles. The molecular formula is C11H18N4O. The molecule has 0 aromatic carbocycles. The van der Waals surface area contributed by atoms with Crippen molar-refractivity contribution in [2.75, 3.05) is 18.9 Å². The van der Waals surface area contributed by atoms with Crippen LogP contribution in [0.1, 0.15) is 36.7 Å². The zero-order valence-electron chi connectivity index (χ0n) is 9.79. The monoisotopic (exact) mass is 222 g/mol. The maximum atomic E-state index is 11.6. The van der Waals surface area contributed by atoms with Crippen LogP contribution in [-0.4, -0.2) is 29.5 Å². The summed E-state index contributed by atoms with van der Waals surface area (Å²) in [7, 11) is 1.74. The Morgan fingerprint density at radius 3 is 2.88 bits per heavy atom. The lowest BCUT2D eigenvalue weighted by Gasteiger charge is -2.04. The molecule has 0 spiro atoms. The third-order valence-electron chi connectivity index (χ3n) is 2.19. The Hall–Kier alpha value is -1.65. The number of carbonyl (C=O) groups is 1. The Morgan fingerprint density at radius 1 is 1.38 bits per heavy atom. The largest absolute Gasteiger partial charge is 0.372 e.